The van der Waals surface area contributed by atoms with Gasteiger partial charge < -0.3 is 15.4 Å². The van der Waals surface area contributed by atoms with E-state index in [1.807, 2.05) is 38.1 Å². The van der Waals surface area contributed by atoms with Crippen LogP contribution in [-0.4, -0.2) is 25.7 Å². The average molecular weight is 413 g/mol. The number of benzene rings is 1. The van der Waals surface area contributed by atoms with Gasteiger partial charge >= 0.3 is 0 Å². The number of hydrogen-bond acceptors (Lipinski definition) is 4. The first-order valence-corrected chi connectivity index (χ1v) is 8.15. The highest BCUT2D eigenvalue weighted by molar-refractivity contribution is 14.1. The Morgan fingerprint density at radius 1 is 1.50 bits per heavy atom. The van der Waals surface area contributed by atoms with Crippen LogP contribution in [0.2, 0.25) is 0 Å². The molecule has 1 aromatic rings. The van der Waals surface area contributed by atoms with Gasteiger partial charge in [0.1, 0.15) is 11.6 Å². The minimum atomic E-state index is -0.413. The highest BCUT2D eigenvalue weighted by Gasteiger charge is 2.10. The van der Waals surface area contributed by atoms with Crippen molar-refractivity contribution in [3.63, 3.8) is 0 Å². The summed E-state index contributed by atoms with van der Waals surface area (Å²) in [4.78, 5) is 12.1. The van der Waals surface area contributed by atoms with Crippen LogP contribution in [0.3, 0.4) is 0 Å². The number of amides is 1. The average Bonchev–Trinajstić information content (AvgIpc) is 2.49. The Labute approximate surface area is 144 Å². The second-order valence-corrected chi connectivity index (χ2v) is 5.83. The second kappa shape index (κ2) is 10.2. The maximum absolute atomic E-state index is 12.1. The van der Waals surface area contributed by atoms with Crippen LogP contribution >= 0.6 is 22.6 Å². The van der Waals surface area contributed by atoms with E-state index in [2.05, 4.69) is 33.2 Å². The molecular formula is C16H20IN3O2. The van der Waals surface area contributed by atoms with Gasteiger partial charge in [0.25, 0.3) is 5.91 Å². The summed E-state index contributed by atoms with van der Waals surface area (Å²) in [6, 6.07) is 7.62. The van der Waals surface area contributed by atoms with Crippen molar-refractivity contribution in [3.8, 4) is 6.07 Å². The van der Waals surface area contributed by atoms with E-state index in [1.54, 1.807) is 0 Å². The van der Waals surface area contributed by atoms with Gasteiger partial charge in [0.05, 0.1) is 0 Å². The lowest BCUT2D eigenvalue weighted by Gasteiger charge is -2.08. The van der Waals surface area contributed by atoms with Gasteiger partial charge in [-0.25, -0.2) is 0 Å². The number of hydrogen-bond donors (Lipinski definition) is 2. The third kappa shape index (κ3) is 6.45. The van der Waals surface area contributed by atoms with E-state index in [0.717, 1.165) is 15.6 Å². The third-order valence-corrected chi connectivity index (χ3v) is 3.53. The molecule has 0 spiro atoms. The largest absolute Gasteiger partial charge is 0.390 e. The Kier molecular flexibility index (Phi) is 8.55. The molecule has 0 aliphatic heterocycles. The number of rotatable bonds is 8. The zero-order valence-corrected chi connectivity index (χ0v) is 14.9. The zero-order valence-electron chi connectivity index (χ0n) is 12.8. The van der Waals surface area contributed by atoms with E-state index in [4.69, 9.17) is 10.00 Å². The van der Waals surface area contributed by atoms with Gasteiger partial charge in [0.2, 0.25) is 0 Å². The van der Waals surface area contributed by atoms with E-state index in [0.29, 0.717) is 25.4 Å². The number of aryl methyl sites for hydroxylation is 1. The molecular weight excluding hydrogens is 393 g/mol. The molecule has 0 saturated heterocycles. The molecule has 118 valence electrons. The Bertz CT molecular complexity index is 579. The van der Waals surface area contributed by atoms with Crippen LogP contribution in [0.4, 0.5) is 5.69 Å². The van der Waals surface area contributed by atoms with Crippen LogP contribution in [0.25, 0.3) is 0 Å². The molecule has 1 amide bonds. The number of nitrogens with zero attached hydrogens (tertiary/aromatic N) is 1. The van der Waals surface area contributed by atoms with Gasteiger partial charge in [-0.1, -0.05) is 0 Å². The fraction of sp³-hybridized carbons (Fsp3) is 0.375. The highest BCUT2D eigenvalue weighted by atomic mass is 127. The number of ether oxygens (including phenoxy) is 1. The molecule has 0 aromatic heterocycles. The topological polar surface area (TPSA) is 74.1 Å². The normalized spacial score (nSPS) is 10.9. The maximum atomic E-state index is 12.1. The number of anilines is 1. The predicted molar refractivity (Wildman–Crippen MR) is 95.3 cm³/mol. The van der Waals surface area contributed by atoms with Gasteiger partial charge in [-0.3, -0.25) is 4.79 Å². The van der Waals surface area contributed by atoms with Crippen LogP contribution < -0.4 is 10.6 Å². The van der Waals surface area contributed by atoms with Gasteiger partial charge in [-0.15, -0.1) is 0 Å². The first-order chi connectivity index (χ1) is 10.6. The lowest BCUT2D eigenvalue weighted by molar-refractivity contribution is -0.112. The van der Waals surface area contributed by atoms with Crippen molar-refractivity contribution in [1.82, 2.24) is 5.32 Å². The molecule has 0 radical (unpaired) electrons. The van der Waals surface area contributed by atoms with E-state index < -0.39 is 5.91 Å². The van der Waals surface area contributed by atoms with Gasteiger partial charge in [-0.05, 0) is 66.6 Å². The van der Waals surface area contributed by atoms with Gasteiger partial charge in [0, 0.05) is 35.2 Å². The number of carbonyl (C=O) groups excluding carboxylic acids is 1. The molecule has 0 unspecified atom stereocenters. The molecule has 0 atom stereocenters. The minimum absolute atomic E-state index is 0.0503. The van der Waals surface area contributed by atoms with Gasteiger partial charge in [0.15, 0.2) is 0 Å². The third-order valence-electron chi connectivity index (χ3n) is 2.86. The molecule has 0 aliphatic rings. The smallest absolute Gasteiger partial charge is 0.267 e. The summed E-state index contributed by atoms with van der Waals surface area (Å²) in [5.74, 6) is -0.413. The quantitative estimate of drug-likeness (QED) is 0.298. The molecule has 0 heterocycles. The fourth-order valence-electron chi connectivity index (χ4n) is 1.70. The Morgan fingerprint density at radius 2 is 2.27 bits per heavy atom. The van der Waals surface area contributed by atoms with Crippen molar-refractivity contribution >= 4 is 34.2 Å². The van der Waals surface area contributed by atoms with Crippen LogP contribution in [-0.2, 0) is 9.53 Å². The van der Waals surface area contributed by atoms with Crippen molar-refractivity contribution in [2.75, 3.05) is 25.1 Å². The summed E-state index contributed by atoms with van der Waals surface area (Å²) in [5.41, 5.74) is 1.72. The summed E-state index contributed by atoms with van der Waals surface area (Å²) in [5, 5.41) is 14.8. The Morgan fingerprint density at radius 3 is 2.91 bits per heavy atom. The second-order valence-electron chi connectivity index (χ2n) is 4.59. The minimum Gasteiger partial charge on any atom is -0.390 e. The molecule has 5 nitrogen and oxygen atoms in total. The highest BCUT2D eigenvalue weighted by Crippen LogP contribution is 2.18. The van der Waals surface area contributed by atoms with Crippen molar-refractivity contribution in [1.29, 1.82) is 5.26 Å². The number of nitrogens with one attached hydrogen (secondary N) is 2. The lowest BCUT2D eigenvalue weighted by atomic mass is 10.2. The molecule has 6 heteroatoms. The maximum Gasteiger partial charge on any atom is 0.267 e. The van der Waals surface area contributed by atoms with E-state index in [1.165, 1.54) is 6.20 Å². The van der Waals surface area contributed by atoms with Crippen LogP contribution in [0.5, 0.6) is 0 Å². The zero-order chi connectivity index (χ0) is 16.4. The first-order valence-electron chi connectivity index (χ1n) is 7.07. The van der Waals surface area contributed by atoms with Gasteiger partial charge in [-0.2, -0.15) is 5.26 Å². The first kappa shape index (κ1) is 18.5. The molecule has 2 N–H and O–H groups in total. The van der Waals surface area contributed by atoms with Crippen molar-refractivity contribution in [2.45, 2.75) is 20.3 Å². The SMILES string of the molecule is CCOCCCN/C=C(/C#N)C(=O)Nc1ccc(I)cc1C. The Balaban J connectivity index is 2.55. The van der Waals surface area contributed by atoms with E-state index in [9.17, 15) is 4.79 Å². The molecule has 0 bridgehead atoms. The lowest BCUT2D eigenvalue weighted by Crippen LogP contribution is -2.18. The Hall–Kier alpha value is -1.59. The molecule has 22 heavy (non-hydrogen) atoms. The molecule has 0 saturated carbocycles. The van der Waals surface area contributed by atoms with Crippen LogP contribution in [0.1, 0.15) is 18.9 Å². The number of carbonyl (C=O) groups is 1. The number of halogens is 1. The van der Waals surface area contributed by atoms with Crippen LogP contribution in [0.15, 0.2) is 30.0 Å². The van der Waals surface area contributed by atoms with Crippen molar-refractivity contribution in [2.24, 2.45) is 0 Å². The predicted octanol–water partition coefficient (Wildman–Crippen LogP) is 2.96. The molecule has 1 aromatic carbocycles. The standard InChI is InChI=1S/C16H20IN3O2/c1-3-22-8-4-7-19-11-13(10-18)16(21)20-15-6-5-14(17)9-12(15)2/h5-6,9,11,19H,3-4,7-8H2,1-2H3,(H,20,21)/b13-11-. The summed E-state index contributed by atoms with van der Waals surface area (Å²) < 4.78 is 6.31. The summed E-state index contributed by atoms with van der Waals surface area (Å²) >= 11 is 2.21. The molecule has 1 rings (SSSR count). The summed E-state index contributed by atoms with van der Waals surface area (Å²) in [7, 11) is 0. The molecule has 0 aliphatic carbocycles. The van der Waals surface area contributed by atoms with E-state index >= 15 is 0 Å². The monoisotopic (exact) mass is 413 g/mol. The molecule has 0 fully saturated rings. The summed E-state index contributed by atoms with van der Waals surface area (Å²) in [6.45, 7) is 5.86. The van der Waals surface area contributed by atoms with Crippen molar-refractivity contribution in [3.05, 3.63) is 39.1 Å². The summed E-state index contributed by atoms with van der Waals surface area (Å²) in [6.07, 6.45) is 2.27. The van der Waals surface area contributed by atoms with E-state index in [-0.39, 0.29) is 5.57 Å². The number of nitriles is 1. The van der Waals surface area contributed by atoms with Crippen molar-refractivity contribution < 1.29 is 9.53 Å². The fourth-order valence-corrected chi connectivity index (χ4v) is 2.35. The van der Waals surface area contributed by atoms with Crippen LogP contribution in [0, 0.1) is 21.8 Å².